The van der Waals surface area contributed by atoms with Crippen LogP contribution in [0.25, 0.3) is 0 Å². The van der Waals surface area contributed by atoms with E-state index in [1.807, 2.05) is 0 Å². The Balaban J connectivity index is 1.51. The van der Waals surface area contributed by atoms with Crippen molar-refractivity contribution in [1.82, 2.24) is 9.88 Å². The number of nitrogens with two attached hydrogens (primary N) is 1. The van der Waals surface area contributed by atoms with Crippen molar-refractivity contribution in [1.29, 1.82) is 0 Å². The van der Waals surface area contributed by atoms with Crippen molar-refractivity contribution in [3.8, 4) is 0 Å². The third-order valence-corrected chi connectivity index (χ3v) is 4.03. The van der Waals surface area contributed by atoms with Crippen LogP contribution in [0.1, 0.15) is 19.3 Å². The highest BCUT2D eigenvalue weighted by molar-refractivity contribution is 6.30. The fraction of sp³-hybridized carbons (Fsp3) is 0.615. The van der Waals surface area contributed by atoms with Gasteiger partial charge < -0.3 is 16.0 Å². The summed E-state index contributed by atoms with van der Waals surface area (Å²) >= 11 is 5.83. The molecule has 1 aliphatic heterocycles. The molecule has 0 amide bonds. The number of halogens is 1. The Kier molecular flexibility index (Phi) is 3.31. The van der Waals surface area contributed by atoms with Gasteiger partial charge in [-0.15, -0.1) is 0 Å². The Morgan fingerprint density at radius 2 is 2.28 bits per heavy atom. The predicted octanol–water partition coefficient (Wildman–Crippen LogP) is 2.21. The van der Waals surface area contributed by atoms with Crippen LogP contribution in [0.2, 0.25) is 5.02 Å². The Labute approximate surface area is 113 Å². The van der Waals surface area contributed by atoms with Crippen molar-refractivity contribution in [3.05, 3.63) is 17.3 Å². The van der Waals surface area contributed by atoms with Gasteiger partial charge in [-0.05, 0) is 37.8 Å². The molecule has 2 heterocycles. The first-order chi connectivity index (χ1) is 8.72. The lowest BCUT2D eigenvalue weighted by Gasteiger charge is -2.15. The van der Waals surface area contributed by atoms with Crippen molar-refractivity contribution >= 4 is 23.1 Å². The normalized spacial score (nSPS) is 24.4. The van der Waals surface area contributed by atoms with Gasteiger partial charge >= 0.3 is 0 Å². The first-order valence-electron chi connectivity index (χ1n) is 6.61. The maximum Gasteiger partial charge on any atom is 0.149 e. The van der Waals surface area contributed by atoms with Gasteiger partial charge in [-0.25, -0.2) is 4.98 Å². The van der Waals surface area contributed by atoms with Crippen LogP contribution in [0.3, 0.4) is 0 Å². The van der Waals surface area contributed by atoms with E-state index in [-0.39, 0.29) is 0 Å². The summed E-state index contributed by atoms with van der Waals surface area (Å²) in [7, 11) is 0. The van der Waals surface area contributed by atoms with Crippen molar-refractivity contribution in [3.63, 3.8) is 0 Å². The van der Waals surface area contributed by atoms with Gasteiger partial charge in [0, 0.05) is 25.3 Å². The molecular weight excluding hydrogens is 248 g/mol. The number of likely N-dealkylation sites (tertiary alicyclic amines) is 1. The van der Waals surface area contributed by atoms with Gasteiger partial charge in [-0.1, -0.05) is 11.6 Å². The summed E-state index contributed by atoms with van der Waals surface area (Å²) < 4.78 is 0. The van der Waals surface area contributed by atoms with Crippen LogP contribution in [-0.2, 0) is 0 Å². The molecule has 0 spiro atoms. The first-order valence-corrected chi connectivity index (χ1v) is 6.99. The van der Waals surface area contributed by atoms with Crippen molar-refractivity contribution < 1.29 is 0 Å². The van der Waals surface area contributed by atoms with E-state index in [4.69, 9.17) is 17.3 Å². The molecule has 5 heteroatoms. The minimum atomic E-state index is 0.582. The van der Waals surface area contributed by atoms with Gasteiger partial charge in [0.25, 0.3) is 0 Å². The Bertz CT molecular complexity index is 433. The predicted molar refractivity (Wildman–Crippen MR) is 74.9 cm³/mol. The SMILES string of the molecule is Nc1cc(Cl)cnc1NCC1CCN(C2CC2)C1. The number of aromatic nitrogens is 1. The zero-order valence-electron chi connectivity index (χ0n) is 10.4. The Hall–Kier alpha value is -1.00. The highest BCUT2D eigenvalue weighted by Crippen LogP contribution is 2.31. The largest absolute Gasteiger partial charge is 0.396 e. The molecule has 18 heavy (non-hydrogen) atoms. The van der Waals surface area contributed by atoms with Gasteiger partial charge in [0.15, 0.2) is 0 Å². The number of anilines is 2. The zero-order valence-corrected chi connectivity index (χ0v) is 11.2. The number of nitrogens with one attached hydrogen (secondary N) is 1. The van der Waals surface area contributed by atoms with E-state index < -0.39 is 0 Å². The van der Waals surface area contributed by atoms with E-state index in [9.17, 15) is 0 Å². The molecule has 2 fully saturated rings. The van der Waals surface area contributed by atoms with E-state index in [1.165, 1.54) is 32.4 Å². The number of nitrogen functional groups attached to an aromatic ring is 1. The summed E-state index contributed by atoms with van der Waals surface area (Å²) in [6.45, 7) is 3.41. The quantitative estimate of drug-likeness (QED) is 0.877. The van der Waals surface area contributed by atoms with Gasteiger partial charge in [0.1, 0.15) is 5.82 Å². The molecule has 1 saturated heterocycles. The van der Waals surface area contributed by atoms with Gasteiger partial charge in [0.2, 0.25) is 0 Å². The molecule has 0 bridgehead atoms. The zero-order chi connectivity index (χ0) is 12.5. The fourth-order valence-corrected chi connectivity index (χ4v) is 2.81. The lowest BCUT2D eigenvalue weighted by atomic mass is 10.1. The second kappa shape index (κ2) is 4.94. The molecule has 0 radical (unpaired) electrons. The first kappa shape index (κ1) is 12.1. The summed E-state index contributed by atoms with van der Waals surface area (Å²) in [5.74, 6) is 1.46. The van der Waals surface area contributed by atoms with Crippen molar-refractivity contribution in [2.45, 2.75) is 25.3 Å². The fourth-order valence-electron chi connectivity index (χ4n) is 2.64. The molecule has 1 unspecified atom stereocenters. The second-order valence-corrected chi connectivity index (χ2v) is 5.79. The molecule has 4 nitrogen and oxygen atoms in total. The summed E-state index contributed by atoms with van der Waals surface area (Å²) in [5, 5.41) is 3.92. The van der Waals surface area contributed by atoms with E-state index in [0.717, 1.165) is 18.4 Å². The number of hydrogen-bond donors (Lipinski definition) is 2. The van der Waals surface area contributed by atoms with E-state index >= 15 is 0 Å². The molecule has 0 aromatic carbocycles. The number of rotatable bonds is 4. The molecular formula is C13H19ClN4. The van der Waals surface area contributed by atoms with Crippen LogP contribution in [-0.4, -0.2) is 35.6 Å². The second-order valence-electron chi connectivity index (χ2n) is 5.35. The maximum atomic E-state index is 5.87. The van der Waals surface area contributed by atoms with Gasteiger partial charge in [0.05, 0.1) is 10.7 Å². The van der Waals surface area contributed by atoms with Crippen LogP contribution in [0, 0.1) is 5.92 Å². The summed E-state index contributed by atoms with van der Waals surface area (Å²) in [6, 6.07) is 2.62. The third kappa shape index (κ3) is 2.70. The Morgan fingerprint density at radius 1 is 1.44 bits per heavy atom. The highest BCUT2D eigenvalue weighted by Gasteiger charge is 2.34. The molecule has 98 valence electrons. The van der Waals surface area contributed by atoms with Crippen LogP contribution < -0.4 is 11.1 Å². The monoisotopic (exact) mass is 266 g/mol. The minimum absolute atomic E-state index is 0.582. The average molecular weight is 267 g/mol. The van der Waals surface area contributed by atoms with E-state index in [1.54, 1.807) is 12.3 Å². The molecule has 1 aromatic rings. The van der Waals surface area contributed by atoms with Crippen LogP contribution >= 0.6 is 11.6 Å². The third-order valence-electron chi connectivity index (χ3n) is 3.82. The maximum absolute atomic E-state index is 5.87. The molecule has 1 aliphatic carbocycles. The van der Waals surface area contributed by atoms with Crippen LogP contribution in [0.5, 0.6) is 0 Å². The van der Waals surface area contributed by atoms with Crippen molar-refractivity contribution in [2.75, 3.05) is 30.7 Å². The standard InChI is InChI=1S/C13H19ClN4/c14-10-5-12(15)13(17-7-10)16-6-9-3-4-18(8-9)11-1-2-11/h5,7,9,11H,1-4,6,8,15H2,(H,16,17). The smallest absolute Gasteiger partial charge is 0.149 e. The van der Waals surface area contributed by atoms with E-state index in [2.05, 4.69) is 15.2 Å². The summed E-state index contributed by atoms with van der Waals surface area (Å²) in [5.41, 5.74) is 6.50. The van der Waals surface area contributed by atoms with Crippen LogP contribution in [0.4, 0.5) is 11.5 Å². The number of pyridine rings is 1. The van der Waals surface area contributed by atoms with Gasteiger partial charge in [-0.2, -0.15) is 0 Å². The summed E-state index contributed by atoms with van der Waals surface area (Å²) in [4.78, 5) is 6.84. The topological polar surface area (TPSA) is 54.2 Å². The average Bonchev–Trinajstić information content (AvgIpc) is 3.08. The summed E-state index contributed by atoms with van der Waals surface area (Å²) in [6.07, 6.45) is 5.69. The minimum Gasteiger partial charge on any atom is -0.396 e. The molecule has 3 rings (SSSR count). The molecule has 1 atom stereocenters. The lowest BCUT2D eigenvalue weighted by molar-refractivity contribution is 0.316. The Morgan fingerprint density at radius 3 is 3.00 bits per heavy atom. The lowest BCUT2D eigenvalue weighted by Crippen LogP contribution is -2.25. The van der Waals surface area contributed by atoms with E-state index in [0.29, 0.717) is 16.6 Å². The molecule has 2 aliphatic rings. The molecule has 1 saturated carbocycles. The van der Waals surface area contributed by atoms with Gasteiger partial charge in [-0.3, -0.25) is 0 Å². The van der Waals surface area contributed by atoms with Crippen LogP contribution in [0.15, 0.2) is 12.3 Å². The number of nitrogens with zero attached hydrogens (tertiary/aromatic N) is 2. The highest BCUT2D eigenvalue weighted by atomic mass is 35.5. The molecule has 1 aromatic heterocycles. The van der Waals surface area contributed by atoms with Crippen molar-refractivity contribution in [2.24, 2.45) is 5.92 Å². The number of hydrogen-bond acceptors (Lipinski definition) is 4. The molecule has 3 N–H and O–H groups in total.